The molecule has 7 N–H and O–H groups in total. The molecule has 0 fully saturated rings. The van der Waals surface area contributed by atoms with Crippen LogP contribution in [0.15, 0.2) is 12.1 Å². The van der Waals surface area contributed by atoms with E-state index < -0.39 is 38.5 Å². The Morgan fingerprint density at radius 2 is 1.06 bits per heavy atom. The zero-order chi connectivity index (χ0) is 12.5. The van der Waals surface area contributed by atoms with Crippen molar-refractivity contribution in [3.05, 3.63) is 12.1 Å². The van der Waals surface area contributed by atoms with E-state index in [2.05, 4.69) is 0 Å². The summed E-state index contributed by atoms with van der Waals surface area (Å²) in [7, 11) is 0. The normalized spacial score (nSPS) is 10.1. The minimum absolute atomic E-state index is 0.417. The first kappa shape index (κ1) is 12.3. The number of phenols is 1. The topological polar surface area (TPSA) is 151 Å². The number of rotatable bonds is 3. The van der Waals surface area contributed by atoms with Gasteiger partial charge in [0.05, 0.1) is 5.69 Å². The first-order valence-electron chi connectivity index (χ1n) is 3.75. The van der Waals surface area contributed by atoms with Gasteiger partial charge in [-0.05, 0) is 12.1 Å². The zero-order valence-corrected chi connectivity index (χ0v) is 7.63. The van der Waals surface area contributed by atoms with Crippen molar-refractivity contribution >= 4 is 17.1 Å². The third kappa shape index (κ3) is 2.22. The van der Waals surface area contributed by atoms with Gasteiger partial charge in [0.2, 0.25) is 0 Å². The molecule has 10 heteroatoms. The van der Waals surface area contributed by atoms with E-state index in [1.807, 2.05) is 0 Å². The van der Waals surface area contributed by atoms with Crippen LogP contribution >= 0.6 is 0 Å². The molecule has 16 heavy (non-hydrogen) atoms. The minimum Gasteiger partial charge on any atom is -0.504 e. The number of aromatic hydroxyl groups is 1. The van der Waals surface area contributed by atoms with Gasteiger partial charge in [0.25, 0.3) is 0 Å². The first-order valence-corrected chi connectivity index (χ1v) is 3.75. The number of phenolic OH excluding ortho intramolecular Hbond substituents is 1. The molecule has 0 aliphatic carbocycles. The van der Waals surface area contributed by atoms with Gasteiger partial charge in [0.1, 0.15) is 11.4 Å². The van der Waals surface area contributed by atoms with Crippen molar-refractivity contribution < 1.29 is 36.4 Å². The fraction of sp³-hybridized carbons (Fsp3) is 0. The van der Waals surface area contributed by atoms with Crippen LogP contribution in [0.1, 0.15) is 0 Å². The summed E-state index contributed by atoms with van der Waals surface area (Å²) in [5, 5.41) is 59.9. The van der Waals surface area contributed by atoms with Crippen molar-refractivity contribution in [1.82, 2.24) is 0 Å². The number of hydrogen-bond acceptors (Lipinski definition) is 10. The summed E-state index contributed by atoms with van der Waals surface area (Å²) < 4.78 is 0. The van der Waals surface area contributed by atoms with Gasteiger partial charge in [-0.15, -0.1) is 15.7 Å². The molecule has 0 saturated carbocycles. The molecule has 1 aromatic carbocycles. The summed E-state index contributed by atoms with van der Waals surface area (Å²) in [5.41, 5.74) is -1.86. The van der Waals surface area contributed by atoms with Crippen LogP contribution in [0.3, 0.4) is 0 Å². The van der Waals surface area contributed by atoms with Gasteiger partial charge in [0.15, 0.2) is 5.75 Å². The molecular formula is C6H9N3O7. The fourth-order valence-corrected chi connectivity index (χ4v) is 1.01. The molecule has 0 atom stereocenters. The quantitative estimate of drug-likeness (QED) is 0.360. The Bertz CT molecular complexity index is 351. The Hall–Kier alpha value is -1.82. The summed E-state index contributed by atoms with van der Waals surface area (Å²) in [6.45, 7) is 0. The Morgan fingerprint density at radius 3 is 1.31 bits per heavy atom. The lowest BCUT2D eigenvalue weighted by molar-refractivity contribution is 0.0212. The molecule has 0 aliphatic rings. The highest BCUT2D eigenvalue weighted by atomic mass is 16.8. The van der Waals surface area contributed by atoms with Gasteiger partial charge in [-0.2, -0.15) is 0 Å². The van der Waals surface area contributed by atoms with Crippen molar-refractivity contribution in [1.29, 1.82) is 0 Å². The third-order valence-corrected chi connectivity index (χ3v) is 1.72. The molecule has 1 aromatic rings. The maximum absolute atomic E-state index is 9.33. The van der Waals surface area contributed by atoms with Crippen molar-refractivity contribution in [3.8, 4) is 5.75 Å². The SMILES string of the molecule is Oc1c(N(O)O)cc(N(O)O)cc1N(O)O. The fourth-order valence-electron chi connectivity index (χ4n) is 1.01. The molecule has 0 heterocycles. The largest absolute Gasteiger partial charge is 0.504 e. The predicted molar refractivity (Wildman–Crippen MR) is 46.3 cm³/mol. The Morgan fingerprint density at radius 1 is 0.688 bits per heavy atom. The highest BCUT2D eigenvalue weighted by Crippen LogP contribution is 2.38. The van der Waals surface area contributed by atoms with Gasteiger partial charge in [-0.3, -0.25) is 31.2 Å². The van der Waals surface area contributed by atoms with Crippen LogP contribution in [-0.2, 0) is 0 Å². The Kier molecular flexibility index (Phi) is 3.34. The predicted octanol–water partition coefficient (Wildman–Crippen LogP) is 0.147. The number of anilines is 3. The summed E-state index contributed by atoms with van der Waals surface area (Å²) in [6.07, 6.45) is 0. The second-order valence-corrected chi connectivity index (χ2v) is 2.70. The minimum atomic E-state index is -0.902. The summed E-state index contributed by atoms with van der Waals surface area (Å²) in [4.78, 5) is 0. The second-order valence-electron chi connectivity index (χ2n) is 2.70. The molecule has 0 unspecified atom stereocenters. The summed E-state index contributed by atoms with van der Waals surface area (Å²) in [6, 6.07) is 1.50. The van der Waals surface area contributed by atoms with Crippen LogP contribution in [0.5, 0.6) is 5.75 Å². The molecule has 10 nitrogen and oxygen atoms in total. The maximum atomic E-state index is 9.33. The zero-order valence-electron chi connectivity index (χ0n) is 7.63. The molecule has 1 rings (SSSR count). The molecule has 0 aliphatic heterocycles. The summed E-state index contributed by atoms with van der Waals surface area (Å²) in [5.74, 6) is -0.902. The number of hydrogen-bond donors (Lipinski definition) is 7. The number of nitrogens with zero attached hydrogens (tertiary/aromatic N) is 3. The standard InChI is InChI=1S/C6H9N3O7/c10-6-4(8(13)14)1-3(7(11)12)2-5(6)9(15)16/h1-2,10-16H. The molecule has 0 aromatic heterocycles. The molecule has 0 amide bonds. The maximum Gasteiger partial charge on any atom is 0.172 e. The van der Waals surface area contributed by atoms with Crippen molar-refractivity contribution in [2.24, 2.45) is 0 Å². The van der Waals surface area contributed by atoms with Crippen LogP contribution in [0.4, 0.5) is 17.1 Å². The van der Waals surface area contributed by atoms with E-state index in [9.17, 15) is 5.11 Å². The lowest BCUT2D eigenvalue weighted by Crippen LogP contribution is -2.18. The average molecular weight is 235 g/mol. The highest BCUT2D eigenvalue weighted by molar-refractivity contribution is 5.75. The van der Waals surface area contributed by atoms with E-state index in [1.165, 1.54) is 0 Å². The van der Waals surface area contributed by atoms with Gasteiger partial charge < -0.3 is 5.11 Å². The van der Waals surface area contributed by atoms with E-state index >= 15 is 0 Å². The van der Waals surface area contributed by atoms with Crippen molar-refractivity contribution in [2.45, 2.75) is 0 Å². The molecule has 0 bridgehead atoms. The van der Waals surface area contributed by atoms with Crippen LogP contribution in [0, 0.1) is 0 Å². The lowest BCUT2D eigenvalue weighted by atomic mass is 10.2. The highest BCUT2D eigenvalue weighted by Gasteiger charge is 2.19. The van der Waals surface area contributed by atoms with Crippen LogP contribution in [-0.4, -0.2) is 36.4 Å². The van der Waals surface area contributed by atoms with Crippen molar-refractivity contribution in [3.63, 3.8) is 0 Å². The van der Waals surface area contributed by atoms with E-state index in [4.69, 9.17) is 31.2 Å². The van der Waals surface area contributed by atoms with Gasteiger partial charge in [-0.25, -0.2) is 0 Å². The Labute approximate surface area is 88.0 Å². The molecule has 0 radical (unpaired) electrons. The van der Waals surface area contributed by atoms with E-state index in [0.29, 0.717) is 0 Å². The monoisotopic (exact) mass is 235 g/mol. The van der Waals surface area contributed by atoms with E-state index in [-0.39, 0.29) is 0 Å². The first-order chi connectivity index (χ1) is 7.34. The van der Waals surface area contributed by atoms with Gasteiger partial charge in [-0.1, -0.05) is 0 Å². The smallest absolute Gasteiger partial charge is 0.172 e. The molecule has 0 spiro atoms. The van der Waals surface area contributed by atoms with Gasteiger partial charge >= 0.3 is 0 Å². The van der Waals surface area contributed by atoms with Crippen LogP contribution in [0.25, 0.3) is 0 Å². The molecular weight excluding hydrogens is 226 g/mol. The number of benzene rings is 1. The van der Waals surface area contributed by atoms with Crippen LogP contribution in [0.2, 0.25) is 0 Å². The lowest BCUT2D eigenvalue weighted by Gasteiger charge is -2.18. The summed E-state index contributed by atoms with van der Waals surface area (Å²) >= 11 is 0. The van der Waals surface area contributed by atoms with Crippen LogP contribution < -0.4 is 15.7 Å². The Balaban J connectivity index is 3.39. The third-order valence-electron chi connectivity index (χ3n) is 1.72. The van der Waals surface area contributed by atoms with E-state index in [0.717, 1.165) is 12.1 Å². The second kappa shape index (κ2) is 4.36. The van der Waals surface area contributed by atoms with Gasteiger partial charge in [0, 0.05) is 0 Å². The average Bonchev–Trinajstić information content (AvgIpc) is 2.16. The molecule has 90 valence electrons. The molecule has 0 saturated heterocycles. The van der Waals surface area contributed by atoms with E-state index in [1.54, 1.807) is 0 Å². The van der Waals surface area contributed by atoms with Crippen molar-refractivity contribution in [2.75, 3.05) is 15.7 Å².